The summed E-state index contributed by atoms with van der Waals surface area (Å²) in [5.74, 6) is -0.0969. The first-order valence-corrected chi connectivity index (χ1v) is 9.42. The first kappa shape index (κ1) is 17.7. The fourth-order valence-corrected chi connectivity index (χ4v) is 3.71. The Kier molecular flexibility index (Phi) is 4.24. The lowest BCUT2D eigenvalue weighted by atomic mass is 10.1. The van der Waals surface area contributed by atoms with Crippen LogP contribution in [0.15, 0.2) is 36.7 Å². The Balaban J connectivity index is 1.55. The Morgan fingerprint density at radius 3 is 2.76 bits per heavy atom. The van der Waals surface area contributed by atoms with E-state index in [1.54, 1.807) is 25.4 Å². The topological polar surface area (TPSA) is 70.4 Å². The molecule has 4 heterocycles. The van der Waals surface area contributed by atoms with Crippen molar-refractivity contribution in [2.45, 2.75) is 6.92 Å². The first-order valence-electron chi connectivity index (χ1n) is 9.42. The molecule has 4 aromatic rings. The number of anilines is 3. The zero-order chi connectivity index (χ0) is 20.0. The Labute approximate surface area is 165 Å². The fourth-order valence-electron chi connectivity index (χ4n) is 3.71. The molecule has 0 aliphatic carbocycles. The van der Waals surface area contributed by atoms with Gasteiger partial charge in [0.2, 0.25) is 0 Å². The third-order valence-electron chi connectivity index (χ3n) is 5.04. The van der Waals surface area contributed by atoms with Crippen LogP contribution in [0.5, 0.6) is 0 Å². The summed E-state index contributed by atoms with van der Waals surface area (Å²) < 4.78 is 30.8. The molecule has 0 saturated carbocycles. The van der Waals surface area contributed by atoms with Gasteiger partial charge in [-0.1, -0.05) is 0 Å². The molecular weight excluding hydrogens is 376 g/mol. The van der Waals surface area contributed by atoms with E-state index in [2.05, 4.69) is 30.6 Å². The molecule has 1 fully saturated rings. The van der Waals surface area contributed by atoms with Crippen LogP contribution >= 0.6 is 0 Å². The molecule has 2 N–H and O–H groups in total. The van der Waals surface area contributed by atoms with E-state index in [9.17, 15) is 4.39 Å². The lowest BCUT2D eigenvalue weighted by Gasteiger charge is -2.29. The van der Waals surface area contributed by atoms with E-state index < -0.39 is 5.82 Å². The number of aromatic nitrogens is 4. The van der Waals surface area contributed by atoms with Gasteiger partial charge in [0.05, 0.1) is 17.3 Å². The lowest BCUT2D eigenvalue weighted by molar-refractivity contribution is 0.586. The third-order valence-corrected chi connectivity index (χ3v) is 5.04. The average molecular weight is 395 g/mol. The number of pyridine rings is 2. The highest BCUT2D eigenvalue weighted by atomic mass is 19.1. The number of nitrogens with zero attached hydrogens (tertiary/aromatic N) is 5. The first-order chi connectivity index (χ1) is 14.1. The highest BCUT2D eigenvalue weighted by Crippen LogP contribution is 2.31. The van der Waals surface area contributed by atoms with Crippen LogP contribution in [-0.2, 0) is 0 Å². The Morgan fingerprint density at radius 1 is 1.10 bits per heavy atom. The van der Waals surface area contributed by atoms with Crippen LogP contribution in [0.2, 0.25) is 0 Å². The largest absolute Gasteiger partial charge is 0.369 e. The van der Waals surface area contributed by atoms with E-state index >= 15 is 4.39 Å². The van der Waals surface area contributed by atoms with Gasteiger partial charge in [-0.05, 0) is 30.5 Å². The molecule has 0 atom stereocenters. The van der Waals surface area contributed by atoms with Gasteiger partial charge >= 0.3 is 0 Å². The predicted octanol–water partition coefficient (Wildman–Crippen LogP) is 3.02. The number of rotatable bonds is 3. The third kappa shape index (κ3) is 3.23. The zero-order valence-corrected chi connectivity index (χ0v) is 15.8. The van der Waals surface area contributed by atoms with Gasteiger partial charge in [-0.15, -0.1) is 0 Å². The maximum atomic E-state index is 15.1. The summed E-state index contributed by atoms with van der Waals surface area (Å²) in [6.07, 6.45) is 3.21. The number of fused-ring (bicyclic) bond motifs is 2. The standard InChI is InChI=1S/C20H19F2N7/c1-12-25-20-17(22)9-14(11-29(20)27-12)26-19-18-13(2-3-24-19)8-15(10-16(18)21)28-6-4-23-5-7-28/h2-3,8-11,23H,4-7H2,1H3,(H,24,26). The molecule has 3 aromatic heterocycles. The summed E-state index contributed by atoms with van der Waals surface area (Å²) >= 11 is 0. The minimum atomic E-state index is -0.516. The highest BCUT2D eigenvalue weighted by molar-refractivity contribution is 5.95. The maximum absolute atomic E-state index is 15.1. The van der Waals surface area contributed by atoms with Crippen molar-refractivity contribution in [2.24, 2.45) is 0 Å². The van der Waals surface area contributed by atoms with Gasteiger partial charge in [0.25, 0.3) is 0 Å². The molecule has 0 bridgehead atoms. The molecule has 1 aliphatic rings. The van der Waals surface area contributed by atoms with Crippen molar-refractivity contribution in [1.29, 1.82) is 0 Å². The van der Waals surface area contributed by atoms with Gasteiger partial charge in [0.1, 0.15) is 17.5 Å². The maximum Gasteiger partial charge on any atom is 0.191 e. The molecule has 0 radical (unpaired) electrons. The van der Waals surface area contributed by atoms with E-state index in [0.717, 1.165) is 37.3 Å². The average Bonchev–Trinajstić information content (AvgIpc) is 3.09. The lowest BCUT2D eigenvalue weighted by Crippen LogP contribution is -2.43. The van der Waals surface area contributed by atoms with Crippen LogP contribution in [0.4, 0.5) is 26.0 Å². The molecular formula is C20H19F2N7. The van der Waals surface area contributed by atoms with Crippen LogP contribution < -0.4 is 15.5 Å². The minimum absolute atomic E-state index is 0.144. The fraction of sp³-hybridized carbons (Fsp3) is 0.250. The number of hydrogen-bond acceptors (Lipinski definition) is 6. The molecule has 29 heavy (non-hydrogen) atoms. The molecule has 0 unspecified atom stereocenters. The smallest absolute Gasteiger partial charge is 0.191 e. The Bertz CT molecular complexity index is 1210. The van der Waals surface area contributed by atoms with Crippen LogP contribution in [-0.4, -0.2) is 45.8 Å². The summed E-state index contributed by atoms with van der Waals surface area (Å²) in [5.41, 5.74) is 1.40. The summed E-state index contributed by atoms with van der Waals surface area (Å²) in [5, 5.41) is 11.6. The van der Waals surface area contributed by atoms with Gasteiger partial charge in [0.15, 0.2) is 11.5 Å². The summed E-state index contributed by atoms with van der Waals surface area (Å²) in [7, 11) is 0. The van der Waals surface area contributed by atoms with Gasteiger partial charge < -0.3 is 15.5 Å². The molecule has 9 heteroatoms. The second kappa shape index (κ2) is 6.93. The number of halogens is 2. The van der Waals surface area contributed by atoms with Crippen LogP contribution in [0.3, 0.4) is 0 Å². The van der Waals surface area contributed by atoms with E-state index in [1.807, 2.05) is 6.07 Å². The second-order valence-electron chi connectivity index (χ2n) is 7.05. The highest BCUT2D eigenvalue weighted by Gasteiger charge is 2.16. The Morgan fingerprint density at radius 2 is 1.93 bits per heavy atom. The molecule has 148 valence electrons. The summed E-state index contributed by atoms with van der Waals surface area (Å²) in [4.78, 5) is 10.5. The quantitative estimate of drug-likeness (QED) is 0.556. The normalized spacial score (nSPS) is 14.7. The molecule has 0 amide bonds. The van der Waals surface area contributed by atoms with Crippen molar-refractivity contribution in [3.05, 3.63) is 54.1 Å². The number of aryl methyl sites for hydroxylation is 1. The molecule has 1 saturated heterocycles. The van der Waals surface area contributed by atoms with Crippen molar-refractivity contribution >= 4 is 33.6 Å². The van der Waals surface area contributed by atoms with Crippen LogP contribution in [0.25, 0.3) is 16.4 Å². The van der Waals surface area contributed by atoms with E-state index in [1.165, 1.54) is 16.6 Å². The van der Waals surface area contributed by atoms with Crippen LogP contribution in [0.1, 0.15) is 5.82 Å². The van der Waals surface area contributed by atoms with Crippen molar-refractivity contribution in [1.82, 2.24) is 24.9 Å². The van der Waals surface area contributed by atoms with E-state index in [4.69, 9.17) is 0 Å². The SMILES string of the molecule is Cc1nc2c(F)cc(Nc3nccc4cc(N5CCNCC5)cc(F)c34)cn2n1. The molecule has 7 nitrogen and oxygen atoms in total. The second-order valence-corrected chi connectivity index (χ2v) is 7.05. The van der Waals surface area contributed by atoms with Gasteiger partial charge in [-0.25, -0.2) is 23.3 Å². The molecule has 1 aromatic carbocycles. The van der Waals surface area contributed by atoms with Gasteiger partial charge in [0, 0.05) is 44.1 Å². The number of hydrogen-bond donors (Lipinski definition) is 2. The van der Waals surface area contributed by atoms with Crippen molar-refractivity contribution < 1.29 is 8.78 Å². The monoisotopic (exact) mass is 395 g/mol. The van der Waals surface area contributed by atoms with E-state index in [-0.39, 0.29) is 11.5 Å². The molecule has 1 aliphatic heterocycles. The Hall–Kier alpha value is -3.33. The van der Waals surface area contributed by atoms with Gasteiger partial charge in [-0.3, -0.25) is 0 Å². The predicted molar refractivity (Wildman–Crippen MR) is 108 cm³/mol. The number of benzene rings is 1. The van der Waals surface area contributed by atoms with E-state index in [0.29, 0.717) is 22.7 Å². The molecule has 0 spiro atoms. The number of piperazine rings is 1. The number of nitrogens with one attached hydrogen (secondary N) is 2. The van der Waals surface area contributed by atoms with Crippen molar-refractivity contribution in [2.75, 3.05) is 36.4 Å². The zero-order valence-electron chi connectivity index (χ0n) is 15.8. The molecule has 5 rings (SSSR count). The van der Waals surface area contributed by atoms with Crippen molar-refractivity contribution in [3.63, 3.8) is 0 Å². The van der Waals surface area contributed by atoms with Gasteiger partial charge in [-0.2, -0.15) is 5.10 Å². The summed E-state index contributed by atoms with van der Waals surface area (Å²) in [6.45, 7) is 5.10. The van der Waals surface area contributed by atoms with Crippen LogP contribution in [0, 0.1) is 18.6 Å². The summed E-state index contributed by atoms with van der Waals surface area (Å²) in [6, 6.07) is 6.57. The van der Waals surface area contributed by atoms with Crippen molar-refractivity contribution in [3.8, 4) is 0 Å². The minimum Gasteiger partial charge on any atom is -0.369 e.